The molecule has 2 aliphatic rings. The standard InChI is InChI=1S/C24H26N2O5/c1-16-10-11-20(21(14-16)31-15-17-6-5-13-30-17)25-22(27)9-4-12-26-23(28)18-7-2-3-8-19(18)24(26)29/h2-3,7-8,10-11,14,17H,4-6,9,12-13,15H2,1H3,(H,25,27). The van der Waals surface area contributed by atoms with Crippen molar-refractivity contribution >= 4 is 23.4 Å². The van der Waals surface area contributed by atoms with Gasteiger partial charge < -0.3 is 14.8 Å². The maximum atomic E-state index is 12.5. The van der Waals surface area contributed by atoms with E-state index >= 15 is 0 Å². The first-order valence-corrected chi connectivity index (χ1v) is 10.6. The fourth-order valence-electron chi connectivity index (χ4n) is 3.86. The van der Waals surface area contributed by atoms with Crippen molar-refractivity contribution in [2.24, 2.45) is 0 Å². The van der Waals surface area contributed by atoms with Crippen LogP contribution in [0.2, 0.25) is 0 Å². The van der Waals surface area contributed by atoms with Crippen LogP contribution in [0.1, 0.15) is 52.0 Å². The lowest BCUT2D eigenvalue weighted by Crippen LogP contribution is -2.31. The molecule has 0 aromatic heterocycles. The minimum atomic E-state index is -0.302. The number of carbonyl (C=O) groups excluding carboxylic acids is 3. The fraction of sp³-hybridized carbons (Fsp3) is 0.375. The number of hydrogen-bond acceptors (Lipinski definition) is 5. The summed E-state index contributed by atoms with van der Waals surface area (Å²) in [5.41, 5.74) is 2.48. The molecule has 0 aliphatic carbocycles. The van der Waals surface area contributed by atoms with Crippen LogP contribution in [0.5, 0.6) is 5.75 Å². The van der Waals surface area contributed by atoms with Crippen molar-refractivity contribution in [1.29, 1.82) is 0 Å². The second-order valence-corrected chi connectivity index (χ2v) is 7.90. The van der Waals surface area contributed by atoms with Gasteiger partial charge in [-0.2, -0.15) is 0 Å². The van der Waals surface area contributed by atoms with E-state index in [1.807, 2.05) is 25.1 Å². The Balaban J connectivity index is 1.30. The second kappa shape index (κ2) is 9.31. The Morgan fingerprint density at radius 3 is 2.58 bits per heavy atom. The molecule has 0 saturated carbocycles. The Morgan fingerprint density at radius 2 is 1.90 bits per heavy atom. The van der Waals surface area contributed by atoms with E-state index in [2.05, 4.69) is 5.32 Å². The number of hydrogen-bond donors (Lipinski definition) is 1. The van der Waals surface area contributed by atoms with Gasteiger partial charge in [0.2, 0.25) is 5.91 Å². The molecule has 2 aromatic carbocycles. The molecule has 2 aliphatic heterocycles. The molecule has 1 unspecified atom stereocenters. The Labute approximate surface area is 181 Å². The van der Waals surface area contributed by atoms with E-state index in [9.17, 15) is 14.4 Å². The topological polar surface area (TPSA) is 84.9 Å². The highest BCUT2D eigenvalue weighted by Crippen LogP contribution is 2.27. The van der Waals surface area contributed by atoms with Crippen LogP contribution in [0, 0.1) is 6.92 Å². The van der Waals surface area contributed by atoms with Gasteiger partial charge in [0.05, 0.1) is 22.9 Å². The molecular formula is C24H26N2O5. The Hall–Kier alpha value is -3.19. The molecular weight excluding hydrogens is 396 g/mol. The van der Waals surface area contributed by atoms with Crippen LogP contribution >= 0.6 is 0 Å². The van der Waals surface area contributed by atoms with E-state index in [1.54, 1.807) is 24.3 Å². The van der Waals surface area contributed by atoms with Gasteiger partial charge in [-0.3, -0.25) is 19.3 Å². The molecule has 31 heavy (non-hydrogen) atoms. The van der Waals surface area contributed by atoms with Crippen molar-refractivity contribution in [3.05, 3.63) is 59.2 Å². The minimum absolute atomic E-state index is 0.0868. The molecule has 1 fully saturated rings. The molecule has 3 amide bonds. The summed E-state index contributed by atoms with van der Waals surface area (Å²) in [6.07, 6.45) is 2.68. The average Bonchev–Trinajstić information content (AvgIpc) is 3.37. The van der Waals surface area contributed by atoms with Gasteiger partial charge in [0.25, 0.3) is 11.8 Å². The summed E-state index contributed by atoms with van der Waals surface area (Å²) in [4.78, 5) is 38.5. The maximum Gasteiger partial charge on any atom is 0.261 e. The first-order chi connectivity index (χ1) is 15.0. The lowest BCUT2D eigenvalue weighted by molar-refractivity contribution is -0.116. The third-order valence-electron chi connectivity index (χ3n) is 5.52. The second-order valence-electron chi connectivity index (χ2n) is 7.90. The third-order valence-corrected chi connectivity index (χ3v) is 5.52. The summed E-state index contributed by atoms with van der Waals surface area (Å²) in [5, 5.41) is 2.88. The van der Waals surface area contributed by atoms with Crippen LogP contribution < -0.4 is 10.1 Å². The van der Waals surface area contributed by atoms with Crippen LogP contribution in [-0.2, 0) is 9.53 Å². The number of carbonyl (C=O) groups is 3. The minimum Gasteiger partial charge on any atom is -0.489 e. The smallest absolute Gasteiger partial charge is 0.261 e. The molecule has 0 bridgehead atoms. The van der Waals surface area contributed by atoms with Gasteiger partial charge in [0.1, 0.15) is 12.4 Å². The van der Waals surface area contributed by atoms with Gasteiger partial charge in [-0.15, -0.1) is 0 Å². The average molecular weight is 422 g/mol. The van der Waals surface area contributed by atoms with E-state index in [-0.39, 0.29) is 36.8 Å². The van der Waals surface area contributed by atoms with Crippen molar-refractivity contribution in [1.82, 2.24) is 4.90 Å². The predicted molar refractivity (Wildman–Crippen MR) is 115 cm³/mol. The number of nitrogens with one attached hydrogen (secondary N) is 1. The van der Waals surface area contributed by atoms with E-state index in [0.717, 1.165) is 25.0 Å². The first-order valence-electron chi connectivity index (χ1n) is 10.6. The molecule has 162 valence electrons. The van der Waals surface area contributed by atoms with Crippen molar-refractivity contribution in [2.75, 3.05) is 25.1 Å². The molecule has 2 aromatic rings. The molecule has 1 atom stereocenters. The number of rotatable bonds is 8. The van der Waals surface area contributed by atoms with Crippen molar-refractivity contribution in [2.45, 2.75) is 38.7 Å². The SMILES string of the molecule is Cc1ccc(NC(=O)CCCN2C(=O)c3ccccc3C2=O)c(OCC2CCCO2)c1. The third kappa shape index (κ3) is 4.77. The summed E-state index contributed by atoms with van der Waals surface area (Å²) in [7, 11) is 0. The lowest BCUT2D eigenvalue weighted by atomic mass is 10.1. The zero-order valence-corrected chi connectivity index (χ0v) is 17.6. The Morgan fingerprint density at radius 1 is 1.16 bits per heavy atom. The lowest BCUT2D eigenvalue weighted by Gasteiger charge is -2.16. The summed E-state index contributed by atoms with van der Waals surface area (Å²) < 4.78 is 11.5. The fourth-order valence-corrected chi connectivity index (χ4v) is 3.86. The van der Waals surface area contributed by atoms with E-state index in [4.69, 9.17) is 9.47 Å². The molecule has 7 nitrogen and oxygen atoms in total. The first kappa shape index (κ1) is 21.1. The highest BCUT2D eigenvalue weighted by molar-refractivity contribution is 6.21. The molecule has 1 saturated heterocycles. The number of nitrogens with zero attached hydrogens (tertiary/aromatic N) is 1. The Bertz CT molecular complexity index is 962. The number of anilines is 1. The predicted octanol–water partition coefficient (Wildman–Crippen LogP) is 3.57. The van der Waals surface area contributed by atoms with Gasteiger partial charge >= 0.3 is 0 Å². The largest absolute Gasteiger partial charge is 0.489 e. The van der Waals surface area contributed by atoms with Crippen LogP contribution in [-0.4, -0.2) is 48.5 Å². The van der Waals surface area contributed by atoms with Crippen molar-refractivity contribution in [3.63, 3.8) is 0 Å². The molecule has 0 spiro atoms. The summed E-state index contributed by atoms with van der Waals surface area (Å²) in [5.74, 6) is -0.180. The number of benzene rings is 2. The van der Waals surface area contributed by atoms with E-state index in [1.165, 1.54) is 4.90 Å². The van der Waals surface area contributed by atoms with Crippen molar-refractivity contribution in [3.8, 4) is 5.75 Å². The van der Waals surface area contributed by atoms with E-state index < -0.39 is 0 Å². The summed E-state index contributed by atoms with van der Waals surface area (Å²) in [6, 6.07) is 12.4. The van der Waals surface area contributed by atoms with Gasteiger partial charge in [0.15, 0.2) is 0 Å². The number of fused-ring (bicyclic) bond motifs is 1. The monoisotopic (exact) mass is 422 g/mol. The molecule has 4 rings (SSSR count). The van der Waals surface area contributed by atoms with Gasteiger partial charge in [-0.05, 0) is 56.0 Å². The highest BCUT2D eigenvalue weighted by Gasteiger charge is 2.34. The molecule has 7 heteroatoms. The van der Waals surface area contributed by atoms with Gasteiger partial charge in [-0.25, -0.2) is 0 Å². The maximum absolute atomic E-state index is 12.5. The Kier molecular flexibility index (Phi) is 6.32. The summed E-state index contributed by atoms with van der Waals surface area (Å²) >= 11 is 0. The molecule has 2 heterocycles. The van der Waals surface area contributed by atoms with Crippen LogP contribution in [0.4, 0.5) is 5.69 Å². The zero-order valence-electron chi connectivity index (χ0n) is 17.6. The van der Waals surface area contributed by atoms with Gasteiger partial charge in [-0.1, -0.05) is 18.2 Å². The number of ether oxygens (including phenoxy) is 2. The van der Waals surface area contributed by atoms with E-state index in [0.29, 0.717) is 35.6 Å². The van der Waals surface area contributed by atoms with Crippen LogP contribution in [0.3, 0.4) is 0 Å². The molecule has 1 N–H and O–H groups in total. The zero-order chi connectivity index (χ0) is 21.8. The number of aryl methyl sites for hydroxylation is 1. The normalized spacial score (nSPS) is 17.7. The molecule has 0 radical (unpaired) electrons. The van der Waals surface area contributed by atoms with Crippen molar-refractivity contribution < 1.29 is 23.9 Å². The quantitative estimate of drug-likeness (QED) is 0.658. The van der Waals surface area contributed by atoms with Crippen LogP contribution in [0.15, 0.2) is 42.5 Å². The summed E-state index contributed by atoms with van der Waals surface area (Å²) in [6.45, 7) is 3.38. The van der Waals surface area contributed by atoms with Gasteiger partial charge in [0, 0.05) is 19.6 Å². The van der Waals surface area contributed by atoms with Crippen LogP contribution in [0.25, 0.3) is 0 Å². The number of amides is 3. The highest BCUT2D eigenvalue weighted by atomic mass is 16.5. The number of imide groups is 1.